The third-order valence-corrected chi connectivity index (χ3v) is 2.80. The van der Waals surface area contributed by atoms with Crippen molar-refractivity contribution in [2.45, 2.75) is 25.4 Å². The predicted octanol–water partition coefficient (Wildman–Crippen LogP) is 1.99. The van der Waals surface area contributed by atoms with E-state index in [1.807, 2.05) is 24.3 Å². The summed E-state index contributed by atoms with van der Waals surface area (Å²) in [4.78, 5) is 11.8. The molecule has 0 N–H and O–H groups in total. The van der Waals surface area contributed by atoms with Gasteiger partial charge in [-0.2, -0.15) is 0 Å². The molecule has 0 amide bonds. The number of rotatable bonds is 4. The molecule has 1 fully saturated rings. The Balaban J connectivity index is 1.99. The SMILES string of the molecule is COc1cccc(CC(=O)C2CCCO2)c1. The summed E-state index contributed by atoms with van der Waals surface area (Å²) in [5, 5.41) is 0. The maximum absolute atomic E-state index is 11.8. The van der Waals surface area contributed by atoms with Crippen LogP contribution in [0, 0.1) is 0 Å². The third-order valence-electron chi connectivity index (χ3n) is 2.80. The van der Waals surface area contributed by atoms with Gasteiger partial charge in [-0.15, -0.1) is 0 Å². The molecule has 1 aliphatic heterocycles. The highest BCUT2D eigenvalue weighted by molar-refractivity contribution is 5.85. The molecule has 16 heavy (non-hydrogen) atoms. The number of ketones is 1. The van der Waals surface area contributed by atoms with Crippen LogP contribution in [0.15, 0.2) is 24.3 Å². The van der Waals surface area contributed by atoms with Crippen LogP contribution in [-0.4, -0.2) is 25.6 Å². The summed E-state index contributed by atoms with van der Waals surface area (Å²) in [6, 6.07) is 7.61. The van der Waals surface area contributed by atoms with Gasteiger partial charge in [0.1, 0.15) is 11.9 Å². The molecule has 0 radical (unpaired) electrons. The van der Waals surface area contributed by atoms with Crippen molar-refractivity contribution in [3.63, 3.8) is 0 Å². The van der Waals surface area contributed by atoms with E-state index < -0.39 is 0 Å². The van der Waals surface area contributed by atoms with Crippen LogP contribution in [0.4, 0.5) is 0 Å². The fourth-order valence-electron chi connectivity index (χ4n) is 1.93. The molecule has 0 spiro atoms. The van der Waals surface area contributed by atoms with Gasteiger partial charge < -0.3 is 9.47 Å². The summed E-state index contributed by atoms with van der Waals surface area (Å²) in [6.07, 6.45) is 2.10. The molecule has 3 nitrogen and oxygen atoms in total. The number of methoxy groups -OCH3 is 1. The quantitative estimate of drug-likeness (QED) is 0.778. The zero-order valence-electron chi connectivity index (χ0n) is 9.44. The third kappa shape index (κ3) is 2.61. The first-order chi connectivity index (χ1) is 7.79. The number of carbonyl (C=O) groups is 1. The van der Waals surface area contributed by atoms with E-state index in [0.717, 1.165) is 24.2 Å². The standard InChI is InChI=1S/C13H16O3/c1-15-11-5-2-4-10(8-11)9-12(14)13-6-3-7-16-13/h2,4-5,8,13H,3,6-7,9H2,1H3. The number of carbonyl (C=O) groups excluding carboxylic acids is 1. The van der Waals surface area contributed by atoms with Crippen molar-refractivity contribution in [2.75, 3.05) is 13.7 Å². The Kier molecular flexibility index (Phi) is 3.57. The second-order valence-electron chi connectivity index (χ2n) is 4.00. The van der Waals surface area contributed by atoms with Gasteiger partial charge in [-0.3, -0.25) is 4.79 Å². The molecule has 1 atom stereocenters. The van der Waals surface area contributed by atoms with Gasteiger partial charge >= 0.3 is 0 Å². The van der Waals surface area contributed by atoms with Crippen LogP contribution in [0.2, 0.25) is 0 Å². The Morgan fingerprint density at radius 1 is 1.56 bits per heavy atom. The van der Waals surface area contributed by atoms with Gasteiger partial charge in [-0.1, -0.05) is 12.1 Å². The second-order valence-corrected chi connectivity index (χ2v) is 4.00. The van der Waals surface area contributed by atoms with Gasteiger partial charge in [0.25, 0.3) is 0 Å². The van der Waals surface area contributed by atoms with Gasteiger partial charge in [0.05, 0.1) is 7.11 Å². The Labute approximate surface area is 95.4 Å². The van der Waals surface area contributed by atoms with Crippen LogP contribution in [0.3, 0.4) is 0 Å². The van der Waals surface area contributed by atoms with Crippen LogP contribution in [0.25, 0.3) is 0 Å². The second kappa shape index (κ2) is 5.12. The van der Waals surface area contributed by atoms with E-state index in [2.05, 4.69) is 0 Å². The molecule has 1 saturated heterocycles. The van der Waals surface area contributed by atoms with Crippen molar-refractivity contribution in [2.24, 2.45) is 0 Å². The van der Waals surface area contributed by atoms with Crippen molar-refractivity contribution < 1.29 is 14.3 Å². The molecule has 0 aromatic heterocycles. The molecule has 1 unspecified atom stereocenters. The lowest BCUT2D eigenvalue weighted by atomic mass is 10.0. The lowest BCUT2D eigenvalue weighted by Gasteiger charge is -2.08. The van der Waals surface area contributed by atoms with Gasteiger partial charge in [-0.25, -0.2) is 0 Å². The zero-order valence-corrected chi connectivity index (χ0v) is 9.44. The molecular weight excluding hydrogens is 204 g/mol. The summed E-state index contributed by atoms with van der Waals surface area (Å²) < 4.78 is 10.5. The van der Waals surface area contributed by atoms with Crippen molar-refractivity contribution in [3.05, 3.63) is 29.8 Å². The fraction of sp³-hybridized carbons (Fsp3) is 0.462. The summed E-state index contributed by atoms with van der Waals surface area (Å²) >= 11 is 0. The summed E-state index contributed by atoms with van der Waals surface area (Å²) in [5.41, 5.74) is 0.986. The molecule has 1 aromatic rings. The topological polar surface area (TPSA) is 35.5 Å². The highest BCUT2D eigenvalue weighted by atomic mass is 16.5. The van der Waals surface area contributed by atoms with Gasteiger partial charge in [0, 0.05) is 13.0 Å². The van der Waals surface area contributed by atoms with Crippen molar-refractivity contribution in [1.82, 2.24) is 0 Å². The fourth-order valence-corrected chi connectivity index (χ4v) is 1.93. The first kappa shape index (κ1) is 11.1. The van der Waals surface area contributed by atoms with Gasteiger partial charge in [0.15, 0.2) is 5.78 Å². The Bertz CT molecular complexity index is 367. The minimum absolute atomic E-state index is 0.172. The Morgan fingerprint density at radius 2 is 2.44 bits per heavy atom. The zero-order chi connectivity index (χ0) is 11.4. The molecule has 0 saturated carbocycles. The maximum Gasteiger partial charge on any atom is 0.165 e. The smallest absolute Gasteiger partial charge is 0.165 e. The maximum atomic E-state index is 11.8. The van der Waals surface area contributed by atoms with E-state index in [4.69, 9.17) is 9.47 Å². The number of Topliss-reactive ketones (excluding diaryl/α,β-unsaturated/α-hetero) is 1. The molecular formula is C13H16O3. The highest BCUT2D eigenvalue weighted by Crippen LogP contribution is 2.17. The van der Waals surface area contributed by atoms with E-state index in [0.29, 0.717) is 13.0 Å². The highest BCUT2D eigenvalue weighted by Gasteiger charge is 2.23. The van der Waals surface area contributed by atoms with Crippen molar-refractivity contribution >= 4 is 5.78 Å². The van der Waals surface area contributed by atoms with Crippen LogP contribution in [0.1, 0.15) is 18.4 Å². The number of hydrogen-bond donors (Lipinski definition) is 0. The van der Waals surface area contributed by atoms with E-state index in [1.165, 1.54) is 0 Å². The minimum atomic E-state index is -0.189. The number of benzene rings is 1. The lowest BCUT2D eigenvalue weighted by Crippen LogP contribution is -2.21. The number of ether oxygens (including phenoxy) is 2. The molecule has 1 aliphatic rings. The van der Waals surface area contributed by atoms with E-state index in [-0.39, 0.29) is 11.9 Å². The Morgan fingerprint density at radius 3 is 3.12 bits per heavy atom. The van der Waals surface area contributed by atoms with Gasteiger partial charge in [0.2, 0.25) is 0 Å². The molecule has 1 heterocycles. The van der Waals surface area contributed by atoms with E-state index in [9.17, 15) is 4.79 Å². The molecule has 3 heteroatoms. The summed E-state index contributed by atoms with van der Waals surface area (Å²) in [5.74, 6) is 0.961. The Hall–Kier alpha value is -1.35. The number of hydrogen-bond acceptors (Lipinski definition) is 3. The van der Waals surface area contributed by atoms with Crippen molar-refractivity contribution in [1.29, 1.82) is 0 Å². The van der Waals surface area contributed by atoms with Crippen molar-refractivity contribution in [3.8, 4) is 5.75 Å². The van der Waals surface area contributed by atoms with Crippen LogP contribution in [-0.2, 0) is 16.0 Å². The normalized spacial score (nSPS) is 19.7. The molecule has 0 aliphatic carbocycles. The first-order valence-electron chi connectivity index (χ1n) is 5.57. The largest absolute Gasteiger partial charge is 0.497 e. The predicted molar refractivity (Wildman–Crippen MR) is 60.7 cm³/mol. The van der Waals surface area contributed by atoms with Crippen LogP contribution in [0.5, 0.6) is 5.75 Å². The summed E-state index contributed by atoms with van der Waals surface area (Å²) in [7, 11) is 1.63. The van der Waals surface area contributed by atoms with E-state index >= 15 is 0 Å². The van der Waals surface area contributed by atoms with Crippen LogP contribution < -0.4 is 4.74 Å². The van der Waals surface area contributed by atoms with E-state index in [1.54, 1.807) is 7.11 Å². The molecule has 2 rings (SSSR count). The average Bonchev–Trinajstić information content (AvgIpc) is 2.83. The molecule has 0 bridgehead atoms. The lowest BCUT2D eigenvalue weighted by molar-refractivity contribution is -0.127. The molecule has 86 valence electrons. The minimum Gasteiger partial charge on any atom is -0.497 e. The first-order valence-corrected chi connectivity index (χ1v) is 5.57. The van der Waals surface area contributed by atoms with Crippen LogP contribution >= 0.6 is 0 Å². The molecule has 1 aromatic carbocycles. The monoisotopic (exact) mass is 220 g/mol. The average molecular weight is 220 g/mol. The van der Waals surface area contributed by atoms with Gasteiger partial charge in [-0.05, 0) is 30.5 Å². The summed E-state index contributed by atoms with van der Waals surface area (Å²) in [6.45, 7) is 0.717.